The smallest absolute Gasteiger partial charge is 0.264 e. The molecule has 0 fully saturated rings. The van der Waals surface area contributed by atoms with Crippen molar-refractivity contribution >= 4 is 39.9 Å². The van der Waals surface area contributed by atoms with Gasteiger partial charge in [-0.2, -0.15) is 0 Å². The summed E-state index contributed by atoms with van der Waals surface area (Å²) in [6, 6.07) is 12.1. The molecule has 114 valence electrons. The largest absolute Gasteiger partial charge is 0.482 e. The third-order valence-electron chi connectivity index (χ3n) is 3.27. The molecule has 1 atom stereocenters. The van der Waals surface area contributed by atoms with Crippen LogP contribution in [-0.4, -0.2) is 23.8 Å². The van der Waals surface area contributed by atoms with Crippen LogP contribution in [0.1, 0.15) is 0 Å². The molecule has 0 aromatic heterocycles. The Morgan fingerprint density at radius 2 is 2.09 bits per heavy atom. The molecule has 0 saturated carbocycles. The molecule has 1 aliphatic heterocycles. The Labute approximate surface area is 135 Å². The van der Waals surface area contributed by atoms with E-state index >= 15 is 0 Å². The van der Waals surface area contributed by atoms with E-state index in [4.69, 9.17) is 16.3 Å². The summed E-state index contributed by atoms with van der Waals surface area (Å²) in [5.74, 6) is 0.462. The maximum Gasteiger partial charge on any atom is 0.264 e. The van der Waals surface area contributed by atoms with Crippen molar-refractivity contribution < 1.29 is 13.7 Å². The van der Waals surface area contributed by atoms with Crippen LogP contribution in [0.5, 0.6) is 5.75 Å². The van der Waals surface area contributed by atoms with Crippen LogP contribution in [0.25, 0.3) is 0 Å². The molecule has 2 aromatic rings. The molecule has 2 aromatic carbocycles. The Morgan fingerprint density at radius 3 is 2.86 bits per heavy atom. The van der Waals surface area contributed by atoms with Crippen molar-refractivity contribution in [1.82, 2.24) is 0 Å². The van der Waals surface area contributed by atoms with Gasteiger partial charge in [0, 0.05) is 17.8 Å². The number of ether oxygens (including phenoxy) is 1. The number of hydrogen-bond acceptors (Lipinski definition) is 3. The van der Waals surface area contributed by atoms with Gasteiger partial charge in [0.15, 0.2) is 6.61 Å². The highest BCUT2D eigenvalue weighted by Crippen LogP contribution is 2.33. The molecular formula is C15H13ClN2O3S. The van der Waals surface area contributed by atoms with E-state index in [1.807, 2.05) is 0 Å². The summed E-state index contributed by atoms with van der Waals surface area (Å²) in [5.41, 5.74) is 1.26. The Kier molecular flexibility index (Phi) is 4.04. The molecule has 1 N–H and O–H groups in total. The van der Waals surface area contributed by atoms with Crippen molar-refractivity contribution in [2.24, 2.45) is 0 Å². The summed E-state index contributed by atoms with van der Waals surface area (Å²) in [6.45, 7) is 0.0205. The lowest BCUT2D eigenvalue weighted by atomic mass is 10.2. The third kappa shape index (κ3) is 2.93. The monoisotopic (exact) mass is 336 g/mol. The van der Waals surface area contributed by atoms with Crippen LogP contribution < -0.4 is 14.4 Å². The SMILES string of the molecule is CN1C(=O)COc2ccc(S(=O)Nc3cccc(Cl)c3)cc21. The second kappa shape index (κ2) is 5.98. The minimum absolute atomic E-state index is 0.0205. The van der Waals surface area contributed by atoms with Crippen LogP contribution in [0.2, 0.25) is 5.02 Å². The molecule has 0 spiro atoms. The second-order valence-corrected chi connectivity index (χ2v) is 6.40. The molecule has 7 heteroatoms. The van der Waals surface area contributed by atoms with Gasteiger partial charge in [-0.25, -0.2) is 4.21 Å². The van der Waals surface area contributed by atoms with Crippen LogP contribution in [0.3, 0.4) is 0 Å². The first-order chi connectivity index (χ1) is 10.5. The maximum atomic E-state index is 12.4. The van der Waals surface area contributed by atoms with Gasteiger partial charge in [0.25, 0.3) is 5.91 Å². The number of anilines is 2. The zero-order valence-corrected chi connectivity index (χ0v) is 13.3. The van der Waals surface area contributed by atoms with Crippen LogP contribution in [0.4, 0.5) is 11.4 Å². The summed E-state index contributed by atoms with van der Waals surface area (Å²) >= 11 is 5.90. The van der Waals surface area contributed by atoms with E-state index in [2.05, 4.69) is 4.72 Å². The summed E-state index contributed by atoms with van der Waals surface area (Å²) in [5, 5.41) is 0.561. The van der Waals surface area contributed by atoms with Gasteiger partial charge in [0.05, 0.1) is 10.6 Å². The summed E-state index contributed by atoms with van der Waals surface area (Å²) in [4.78, 5) is 13.7. The third-order valence-corrected chi connectivity index (χ3v) is 4.60. The number of amides is 1. The number of nitrogens with zero attached hydrogens (tertiary/aromatic N) is 1. The van der Waals surface area contributed by atoms with Gasteiger partial charge in [-0.3, -0.25) is 4.79 Å². The van der Waals surface area contributed by atoms with E-state index in [1.54, 1.807) is 49.5 Å². The second-order valence-electron chi connectivity index (χ2n) is 4.75. The number of rotatable bonds is 3. The van der Waals surface area contributed by atoms with E-state index in [9.17, 15) is 9.00 Å². The van der Waals surface area contributed by atoms with Crippen LogP contribution >= 0.6 is 11.6 Å². The molecule has 0 bridgehead atoms. The number of halogens is 1. The number of benzene rings is 2. The molecule has 1 heterocycles. The number of carbonyl (C=O) groups is 1. The lowest BCUT2D eigenvalue weighted by Crippen LogP contribution is -2.35. The topological polar surface area (TPSA) is 58.6 Å². The highest BCUT2D eigenvalue weighted by atomic mass is 35.5. The first kappa shape index (κ1) is 14.9. The average molecular weight is 337 g/mol. The molecule has 0 saturated heterocycles. The minimum atomic E-state index is -1.47. The van der Waals surface area contributed by atoms with Crippen LogP contribution in [-0.2, 0) is 15.8 Å². The number of nitrogens with one attached hydrogen (secondary N) is 1. The lowest BCUT2D eigenvalue weighted by molar-refractivity contribution is -0.120. The Bertz CT molecular complexity index is 766. The maximum absolute atomic E-state index is 12.4. The number of fused-ring (bicyclic) bond motifs is 1. The van der Waals surface area contributed by atoms with Gasteiger partial charge in [-0.1, -0.05) is 17.7 Å². The van der Waals surface area contributed by atoms with Gasteiger partial charge >= 0.3 is 0 Å². The van der Waals surface area contributed by atoms with Crippen molar-refractivity contribution in [2.75, 3.05) is 23.3 Å². The molecule has 0 radical (unpaired) electrons. The molecule has 1 aliphatic rings. The molecule has 0 aliphatic carbocycles. The molecule has 1 unspecified atom stereocenters. The summed E-state index contributed by atoms with van der Waals surface area (Å²) < 4.78 is 20.6. The van der Waals surface area contributed by atoms with Gasteiger partial charge < -0.3 is 14.4 Å². The van der Waals surface area contributed by atoms with Crippen molar-refractivity contribution in [3.63, 3.8) is 0 Å². The first-order valence-electron chi connectivity index (χ1n) is 6.52. The Morgan fingerprint density at radius 1 is 1.27 bits per heavy atom. The molecule has 22 heavy (non-hydrogen) atoms. The van der Waals surface area contributed by atoms with Crippen molar-refractivity contribution in [2.45, 2.75) is 4.90 Å². The number of carbonyl (C=O) groups excluding carboxylic acids is 1. The first-order valence-corrected chi connectivity index (χ1v) is 8.05. The highest BCUT2D eigenvalue weighted by molar-refractivity contribution is 7.86. The molecule has 1 amide bonds. The average Bonchev–Trinajstić information content (AvgIpc) is 2.51. The number of hydrogen-bond donors (Lipinski definition) is 1. The highest BCUT2D eigenvalue weighted by Gasteiger charge is 2.23. The van der Waals surface area contributed by atoms with Gasteiger partial charge in [-0.05, 0) is 36.4 Å². The van der Waals surface area contributed by atoms with Crippen molar-refractivity contribution in [3.05, 3.63) is 47.5 Å². The van der Waals surface area contributed by atoms with Crippen LogP contribution in [0, 0.1) is 0 Å². The molecule has 3 rings (SSSR count). The zero-order chi connectivity index (χ0) is 15.7. The van der Waals surface area contributed by atoms with Crippen molar-refractivity contribution in [3.8, 4) is 5.75 Å². The quantitative estimate of drug-likeness (QED) is 0.937. The van der Waals surface area contributed by atoms with Gasteiger partial charge in [0.2, 0.25) is 0 Å². The fourth-order valence-electron chi connectivity index (χ4n) is 2.09. The van der Waals surface area contributed by atoms with E-state index in [-0.39, 0.29) is 12.5 Å². The van der Waals surface area contributed by atoms with Crippen LogP contribution in [0.15, 0.2) is 47.4 Å². The zero-order valence-electron chi connectivity index (χ0n) is 11.7. The van der Waals surface area contributed by atoms with E-state index < -0.39 is 11.0 Å². The number of likely N-dealkylation sites (N-methyl/N-ethyl adjacent to an activating group) is 1. The van der Waals surface area contributed by atoms with E-state index in [1.165, 1.54) is 4.90 Å². The molecule has 5 nitrogen and oxygen atoms in total. The normalized spacial score (nSPS) is 15.0. The van der Waals surface area contributed by atoms with Crippen molar-refractivity contribution in [1.29, 1.82) is 0 Å². The fraction of sp³-hybridized carbons (Fsp3) is 0.133. The van der Waals surface area contributed by atoms with Gasteiger partial charge in [-0.15, -0.1) is 0 Å². The molecular weight excluding hydrogens is 324 g/mol. The van der Waals surface area contributed by atoms with E-state index in [0.29, 0.717) is 27.0 Å². The van der Waals surface area contributed by atoms with E-state index in [0.717, 1.165) is 0 Å². The Hall–Kier alpha value is -2.05. The standard InChI is InChI=1S/C15H13ClN2O3S/c1-18-13-8-12(5-6-14(13)21-9-15(18)19)22(20)17-11-4-2-3-10(16)7-11/h2-8,17H,9H2,1H3. The lowest BCUT2D eigenvalue weighted by Gasteiger charge is -2.26. The minimum Gasteiger partial charge on any atom is -0.482 e. The van der Waals surface area contributed by atoms with Gasteiger partial charge in [0.1, 0.15) is 16.7 Å². The predicted octanol–water partition coefficient (Wildman–Crippen LogP) is 2.83. The Balaban J connectivity index is 1.86. The summed E-state index contributed by atoms with van der Waals surface area (Å²) in [7, 11) is 0.198. The predicted molar refractivity (Wildman–Crippen MR) is 86.8 cm³/mol. The summed E-state index contributed by atoms with van der Waals surface area (Å²) in [6.07, 6.45) is 0. The fourth-order valence-corrected chi connectivity index (χ4v) is 3.14.